The number of amides is 1. The Morgan fingerprint density at radius 3 is 3.00 bits per heavy atom. The summed E-state index contributed by atoms with van der Waals surface area (Å²) >= 11 is 1.16. The van der Waals surface area contributed by atoms with Gasteiger partial charge in [0.1, 0.15) is 17.5 Å². The first kappa shape index (κ1) is 20.0. The van der Waals surface area contributed by atoms with Crippen LogP contribution in [0.3, 0.4) is 0 Å². The van der Waals surface area contributed by atoms with Gasteiger partial charge in [0.05, 0.1) is 24.4 Å². The topological polar surface area (TPSA) is 97.5 Å². The molecule has 0 radical (unpaired) electrons. The predicted octanol–water partition coefficient (Wildman–Crippen LogP) is 3.83. The number of halogens is 2. The molecule has 168 valence electrons. The number of methoxy groups -OCH3 is 1. The van der Waals surface area contributed by atoms with Crippen molar-refractivity contribution in [2.45, 2.75) is 18.4 Å². The number of nitrogens with one attached hydrogen (secondary N) is 1. The lowest BCUT2D eigenvalue weighted by atomic mass is 10.0. The Morgan fingerprint density at radius 2 is 2.18 bits per heavy atom. The summed E-state index contributed by atoms with van der Waals surface area (Å²) < 4.78 is 34.9. The molecular weight excluding hydrogens is 452 g/mol. The SMILES string of the molecule is COC(=O)Nc1nnc(-c2cnn3ccc(N4CC[C@H]5C[C@]54c4cc(F)ccc4F)nc23)s1. The lowest BCUT2D eigenvalue weighted by Crippen LogP contribution is -2.34. The van der Waals surface area contributed by atoms with Crippen molar-refractivity contribution in [3.05, 3.63) is 53.9 Å². The number of hydrogen-bond acceptors (Lipinski definition) is 8. The molecule has 6 rings (SSSR count). The summed E-state index contributed by atoms with van der Waals surface area (Å²) in [6.45, 7) is 0.694. The highest BCUT2D eigenvalue weighted by Crippen LogP contribution is 2.63. The second kappa shape index (κ2) is 7.17. The molecule has 33 heavy (non-hydrogen) atoms. The van der Waals surface area contributed by atoms with E-state index in [9.17, 15) is 13.6 Å². The van der Waals surface area contributed by atoms with Crippen molar-refractivity contribution in [3.8, 4) is 10.6 Å². The van der Waals surface area contributed by atoms with E-state index < -0.39 is 23.3 Å². The molecule has 1 saturated heterocycles. The number of rotatable bonds is 4. The molecule has 1 saturated carbocycles. The average Bonchev–Trinajstić information content (AvgIpc) is 3.16. The summed E-state index contributed by atoms with van der Waals surface area (Å²) in [5.74, 6) is 0.0560. The average molecular weight is 469 g/mol. The van der Waals surface area contributed by atoms with E-state index >= 15 is 0 Å². The molecule has 12 heteroatoms. The maximum Gasteiger partial charge on any atom is 0.413 e. The third-order valence-corrected chi connectivity index (χ3v) is 7.20. The van der Waals surface area contributed by atoms with Gasteiger partial charge in [0.2, 0.25) is 5.13 Å². The highest BCUT2D eigenvalue weighted by atomic mass is 32.1. The fourth-order valence-corrected chi connectivity index (χ4v) is 5.51. The van der Waals surface area contributed by atoms with Crippen molar-refractivity contribution < 1.29 is 18.3 Å². The molecule has 1 aliphatic carbocycles. The molecule has 1 N–H and O–H groups in total. The van der Waals surface area contributed by atoms with E-state index in [-0.39, 0.29) is 11.0 Å². The minimum atomic E-state index is -0.638. The number of piperidine rings is 1. The van der Waals surface area contributed by atoms with Gasteiger partial charge in [0.15, 0.2) is 10.7 Å². The molecule has 0 spiro atoms. The van der Waals surface area contributed by atoms with Gasteiger partial charge in [-0.1, -0.05) is 11.3 Å². The van der Waals surface area contributed by atoms with E-state index in [0.29, 0.717) is 34.1 Å². The van der Waals surface area contributed by atoms with Gasteiger partial charge in [0.25, 0.3) is 0 Å². The van der Waals surface area contributed by atoms with Crippen LogP contribution in [0.4, 0.5) is 24.5 Å². The van der Waals surface area contributed by atoms with Crippen molar-refractivity contribution in [1.82, 2.24) is 24.8 Å². The van der Waals surface area contributed by atoms with Crippen LogP contribution in [0.1, 0.15) is 18.4 Å². The number of benzene rings is 1. The zero-order valence-corrected chi connectivity index (χ0v) is 18.1. The highest BCUT2D eigenvalue weighted by molar-refractivity contribution is 7.18. The fraction of sp³-hybridized carbons (Fsp3) is 0.286. The van der Waals surface area contributed by atoms with E-state index in [1.807, 2.05) is 6.07 Å². The number of carbonyl (C=O) groups excluding carboxylic acids is 1. The summed E-state index contributed by atoms with van der Waals surface area (Å²) in [5, 5.41) is 15.7. The molecule has 2 fully saturated rings. The van der Waals surface area contributed by atoms with Crippen molar-refractivity contribution in [3.63, 3.8) is 0 Å². The third-order valence-electron chi connectivity index (χ3n) is 6.33. The smallest absolute Gasteiger partial charge is 0.413 e. The zero-order chi connectivity index (χ0) is 22.7. The summed E-state index contributed by atoms with van der Waals surface area (Å²) in [6.07, 6.45) is 4.40. The number of ether oxygens (including phenoxy) is 1. The van der Waals surface area contributed by atoms with Crippen LogP contribution < -0.4 is 10.2 Å². The first-order valence-corrected chi connectivity index (χ1v) is 11.1. The molecule has 1 aliphatic heterocycles. The van der Waals surface area contributed by atoms with Crippen molar-refractivity contribution in [1.29, 1.82) is 0 Å². The van der Waals surface area contributed by atoms with E-state index in [0.717, 1.165) is 30.2 Å². The van der Waals surface area contributed by atoms with Crippen LogP contribution in [0.2, 0.25) is 0 Å². The molecule has 0 bridgehead atoms. The van der Waals surface area contributed by atoms with Gasteiger partial charge < -0.3 is 9.64 Å². The maximum absolute atomic E-state index is 14.7. The summed E-state index contributed by atoms with van der Waals surface area (Å²) in [4.78, 5) is 18.3. The molecule has 4 heterocycles. The minimum absolute atomic E-state index is 0.256. The molecule has 2 atom stereocenters. The Balaban J connectivity index is 1.39. The Morgan fingerprint density at radius 1 is 1.30 bits per heavy atom. The molecule has 9 nitrogen and oxygen atoms in total. The van der Waals surface area contributed by atoms with E-state index in [1.54, 1.807) is 16.9 Å². The number of aromatic nitrogens is 5. The van der Waals surface area contributed by atoms with Gasteiger partial charge in [-0.15, -0.1) is 10.2 Å². The number of anilines is 2. The maximum atomic E-state index is 14.7. The molecule has 3 aromatic heterocycles. The molecule has 4 aromatic rings. The monoisotopic (exact) mass is 469 g/mol. The minimum Gasteiger partial charge on any atom is -0.453 e. The van der Waals surface area contributed by atoms with Crippen molar-refractivity contribution in [2.75, 3.05) is 23.9 Å². The Hall–Kier alpha value is -3.67. The van der Waals surface area contributed by atoms with Crippen molar-refractivity contribution >= 4 is 34.0 Å². The largest absolute Gasteiger partial charge is 0.453 e. The van der Waals surface area contributed by atoms with Crippen LogP contribution in [-0.2, 0) is 10.3 Å². The van der Waals surface area contributed by atoms with Gasteiger partial charge in [-0.25, -0.2) is 23.1 Å². The molecule has 0 unspecified atom stereocenters. The Kier molecular flexibility index (Phi) is 4.34. The second-order valence-electron chi connectivity index (χ2n) is 8.03. The number of hydrogen-bond donors (Lipinski definition) is 1. The van der Waals surface area contributed by atoms with Crippen molar-refractivity contribution in [2.24, 2.45) is 5.92 Å². The molecular formula is C21H17F2N7O2S. The summed E-state index contributed by atoms with van der Waals surface area (Å²) in [5.41, 5.74) is 0.984. The number of carbonyl (C=O) groups is 1. The molecule has 1 amide bonds. The standard InChI is InChI=1S/C21H17F2N7O2S/c1-32-20(31)26-19-28-27-18(33-19)13-10-24-30-7-5-16(25-17(13)30)29-6-4-11-9-21(11,29)14-8-12(22)2-3-15(14)23/h2-3,5,7-8,10-11H,4,6,9H2,1H3,(H,26,28,31)/t11-,21+/m0/s1. The highest BCUT2D eigenvalue weighted by Gasteiger charge is 2.64. The molecule has 1 aromatic carbocycles. The third kappa shape index (κ3) is 3.04. The van der Waals surface area contributed by atoms with Gasteiger partial charge in [-0.05, 0) is 43.0 Å². The van der Waals surface area contributed by atoms with Crippen LogP contribution in [0, 0.1) is 17.6 Å². The van der Waals surface area contributed by atoms with E-state index in [4.69, 9.17) is 4.98 Å². The Labute approximate surface area is 190 Å². The van der Waals surface area contributed by atoms with E-state index in [1.165, 1.54) is 19.2 Å². The zero-order valence-electron chi connectivity index (χ0n) is 17.3. The number of nitrogens with zero attached hydrogens (tertiary/aromatic N) is 6. The molecule has 2 aliphatic rings. The number of fused-ring (bicyclic) bond motifs is 2. The quantitative estimate of drug-likeness (QED) is 0.485. The predicted molar refractivity (Wildman–Crippen MR) is 116 cm³/mol. The summed E-state index contributed by atoms with van der Waals surface area (Å²) in [7, 11) is 1.26. The van der Waals surface area contributed by atoms with Gasteiger partial charge in [-0.3, -0.25) is 5.32 Å². The normalized spacial score (nSPS) is 21.3. The second-order valence-corrected chi connectivity index (χ2v) is 9.01. The fourth-order valence-electron chi connectivity index (χ4n) is 4.78. The van der Waals surface area contributed by atoms with Crippen LogP contribution in [-0.4, -0.2) is 44.5 Å². The lowest BCUT2D eigenvalue weighted by Gasteiger charge is -2.30. The van der Waals surface area contributed by atoms with Crippen LogP contribution in [0.5, 0.6) is 0 Å². The first-order chi connectivity index (χ1) is 16.0. The Bertz CT molecular complexity index is 1410. The van der Waals surface area contributed by atoms with E-state index in [2.05, 4.69) is 30.2 Å². The van der Waals surface area contributed by atoms with Crippen LogP contribution in [0.25, 0.3) is 16.2 Å². The summed E-state index contributed by atoms with van der Waals surface area (Å²) in [6, 6.07) is 5.45. The van der Waals surface area contributed by atoms with Gasteiger partial charge in [-0.2, -0.15) is 5.10 Å². The first-order valence-electron chi connectivity index (χ1n) is 10.3. The lowest BCUT2D eigenvalue weighted by molar-refractivity contribution is 0.187. The van der Waals surface area contributed by atoms with Crippen LogP contribution in [0.15, 0.2) is 36.7 Å². The van der Waals surface area contributed by atoms with Crippen LogP contribution >= 0.6 is 11.3 Å². The van der Waals surface area contributed by atoms with Gasteiger partial charge >= 0.3 is 6.09 Å². The van der Waals surface area contributed by atoms with Gasteiger partial charge in [0, 0.05) is 18.3 Å².